The molecule has 1 heterocycles. The van der Waals surface area contributed by atoms with Gasteiger partial charge in [-0.15, -0.1) is 0 Å². The van der Waals surface area contributed by atoms with Crippen LogP contribution in [0.5, 0.6) is 5.88 Å². The van der Waals surface area contributed by atoms with Crippen LogP contribution in [-0.2, 0) is 0 Å². The molecule has 0 atom stereocenters. The van der Waals surface area contributed by atoms with E-state index in [-0.39, 0.29) is 0 Å². The molecule has 1 aromatic rings. The number of nitrogens with zero attached hydrogens (tertiary/aromatic N) is 3. The SMILES string of the molecule is CCNc1ncnc(OCCN(C)C2CC2)c1C(C)C. The summed E-state index contributed by atoms with van der Waals surface area (Å²) in [6.07, 6.45) is 4.22. The molecule has 1 fully saturated rings. The van der Waals surface area contributed by atoms with Crippen molar-refractivity contribution in [1.29, 1.82) is 0 Å². The molecule has 0 saturated heterocycles. The van der Waals surface area contributed by atoms with Crippen LogP contribution in [0.25, 0.3) is 0 Å². The molecule has 0 amide bonds. The lowest BCUT2D eigenvalue weighted by atomic mass is 10.1. The van der Waals surface area contributed by atoms with E-state index in [2.05, 4.69) is 48.0 Å². The van der Waals surface area contributed by atoms with E-state index < -0.39 is 0 Å². The molecule has 0 bridgehead atoms. The van der Waals surface area contributed by atoms with Gasteiger partial charge in [-0.2, -0.15) is 0 Å². The Morgan fingerprint density at radius 3 is 2.75 bits per heavy atom. The van der Waals surface area contributed by atoms with Crippen LogP contribution in [0.2, 0.25) is 0 Å². The first-order valence-corrected chi connectivity index (χ1v) is 7.55. The number of likely N-dealkylation sites (N-methyl/N-ethyl adjacent to an activating group) is 1. The van der Waals surface area contributed by atoms with Crippen LogP contribution >= 0.6 is 0 Å². The number of ether oxygens (including phenoxy) is 1. The van der Waals surface area contributed by atoms with Gasteiger partial charge in [0.2, 0.25) is 5.88 Å². The van der Waals surface area contributed by atoms with Gasteiger partial charge in [0.05, 0.1) is 5.56 Å². The minimum absolute atomic E-state index is 0.335. The van der Waals surface area contributed by atoms with Crippen molar-refractivity contribution in [2.24, 2.45) is 0 Å². The van der Waals surface area contributed by atoms with Gasteiger partial charge in [-0.25, -0.2) is 9.97 Å². The third-order valence-corrected chi connectivity index (χ3v) is 3.62. The number of nitrogens with one attached hydrogen (secondary N) is 1. The number of hydrogen-bond donors (Lipinski definition) is 1. The Morgan fingerprint density at radius 1 is 1.40 bits per heavy atom. The van der Waals surface area contributed by atoms with Crippen LogP contribution in [0.1, 0.15) is 45.1 Å². The third kappa shape index (κ3) is 3.82. The second-order valence-electron chi connectivity index (χ2n) is 5.69. The predicted molar refractivity (Wildman–Crippen MR) is 81.4 cm³/mol. The molecule has 1 saturated carbocycles. The van der Waals surface area contributed by atoms with Gasteiger partial charge >= 0.3 is 0 Å². The number of rotatable bonds is 8. The Morgan fingerprint density at radius 2 is 2.15 bits per heavy atom. The summed E-state index contributed by atoms with van der Waals surface area (Å²) in [6, 6.07) is 0.769. The molecule has 2 rings (SSSR count). The minimum atomic E-state index is 0.335. The summed E-state index contributed by atoms with van der Waals surface area (Å²) >= 11 is 0. The number of anilines is 1. The molecular formula is C15H26N4O. The zero-order valence-electron chi connectivity index (χ0n) is 13.0. The smallest absolute Gasteiger partial charge is 0.222 e. The summed E-state index contributed by atoms with van der Waals surface area (Å²) < 4.78 is 5.90. The molecule has 0 spiro atoms. The highest BCUT2D eigenvalue weighted by Crippen LogP contribution is 2.30. The van der Waals surface area contributed by atoms with Crippen molar-refractivity contribution in [3.63, 3.8) is 0 Å². The molecule has 112 valence electrons. The minimum Gasteiger partial charge on any atom is -0.476 e. The first-order valence-electron chi connectivity index (χ1n) is 7.55. The largest absolute Gasteiger partial charge is 0.476 e. The summed E-state index contributed by atoms with van der Waals surface area (Å²) in [5, 5.41) is 3.28. The molecule has 5 nitrogen and oxygen atoms in total. The first kappa shape index (κ1) is 15.0. The highest BCUT2D eigenvalue weighted by atomic mass is 16.5. The van der Waals surface area contributed by atoms with Gasteiger partial charge in [0.15, 0.2) is 0 Å². The van der Waals surface area contributed by atoms with Crippen LogP contribution in [0.15, 0.2) is 6.33 Å². The van der Waals surface area contributed by atoms with Crippen molar-refractivity contribution < 1.29 is 4.74 Å². The maximum Gasteiger partial charge on any atom is 0.222 e. The van der Waals surface area contributed by atoms with Gasteiger partial charge in [-0.3, -0.25) is 0 Å². The molecule has 5 heteroatoms. The van der Waals surface area contributed by atoms with Gasteiger partial charge in [0.1, 0.15) is 18.8 Å². The fourth-order valence-electron chi connectivity index (χ4n) is 2.31. The van der Waals surface area contributed by atoms with Gasteiger partial charge in [0.25, 0.3) is 0 Å². The molecule has 0 radical (unpaired) electrons. The molecule has 1 aliphatic carbocycles. The fraction of sp³-hybridized carbons (Fsp3) is 0.733. The van der Waals surface area contributed by atoms with E-state index in [1.807, 2.05) is 0 Å². The van der Waals surface area contributed by atoms with Crippen LogP contribution in [0, 0.1) is 0 Å². The van der Waals surface area contributed by atoms with E-state index in [4.69, 9.17) is 4.74 Å². The van der Waals surface area contributed by atoms with E-state index in [1.54, 1.807) is 6.33 Å². The Balaban J connectivity index is 1.99. The van der Waals surface area contributed by atoms with E-state index in [1.165, 1.54) is 12.8 Å². The lowest BCUT2D eigenvalue weighted by molar-refractivity contribution is 0.224. The van der Waals surface area contributed by atoms with Crippen LogP contribution in [0.4, 0.5) is 5.82 Å². The maximum atomic E-state index is 5.90. The highest BCUT2D eigenvalue weighted by molar-refractivity contribution is 5.50. The molecule has 20 heavy (non-hydrogen) atoms. The van der Waals surface area contributed by atoms with E-state index in [0.29, 0.717) is 12.5 Å². The quantitative estimate of drug-likeness (QED) is 0.792. The highest BCUT2D eigenvalue weighted by Gasteiger charge is 2.25. The summed E-state index contributed by atoms with van der Waals surface area (Å²) in [4.78, 5) is 11.0. The van der Waals surface area contributed by atoms with Gasteiger partial charge in [0, 0.05) is 19.1 Å². The summed E-state index contributed by atoms with van der Waals surface area (Å²) in [7, 11) is 2.16. The number of aromatic nitrogens is 2. The Bertz CT molecular complexity index is 432. The van der Waals surface area contributed by atoms with Crippen molar-refractivity contribution >= 4 is 5.82 Å². The average molecular weight is 278 g/mol. The second kappa shape index (κ2) is 6.88. The first-order chi connectivity index (χ1) is 9.63. The van der Waals surface area contributed by atoms with Crippen molar-refractivity contribution in [2.45, 2.75) is 45.6 Å². The molecule has 0 unspecified atom stereocenters. The maximum absolute atomic E-state index is 5.90. The Kier molecular flexibility index (Phi) is 5.17. The van der Waals surface area contributed by atoms with Crippen LogP contribution < -0.4 is 10.1 Å². The average Bonchev–Trinajstić information content (AvgIpc) is 3.23. The van der Waals surface area contributed by atoms with E-state index in [9.17, 15) is 0 Å². The zero-order valence-corrected chi connectivity index (χ0v) is 13.0. The second-order valence-corrected chi connectivity index (χ2v) is 5.69. The van der Waals surface area contributed by atoms with Gasteiger partial charge < -0.3 is 15.0 Å². The molecular weight excluding hydrogens is 252 g/mol. The van der Waals surface area contributed by atoms with Crippen molar-refractivity contribution in [2.75, 3.05) is 32.1 Å². The molecule has 1 aromatic heterocycles. The van der Waals surface area contributed by atoms with Gasteiger partial charge in [-0.05, 0) is 32.7 Å². The lowest BCUT2D eigenvalue weighted by Gasteiger charge is -2.19. The normalized spacial score (nSPS) is 14.9. The van der Waals surface area contributed by atoms with Crippen molar-refractivity contribution in [3.05, 3.63) is 11.9 Å². The molecule has 1 N–H and O–H groups in total. The van der Waals surface area contributed by atoms with Crippen LogP contribution in [-0.4, -0.2) is 47.7 Å². The summed E-state index contributed by atoms with van der Waals surface area (Å²) in [5.41, 5.74) is 1.07. The molecule has 0 aliphatic heterocycles. The van der Waals surface area contributed by atoms with Gasteiger partial charge in [-0.1, -0.05) is 13.8 Å². The van der Waals surface area contributed by atoms with E-state index in [0.717, 1.165) is 36.4 Å². The fourth-order valence-corrected chi connectivity index (χ4v) is 2.31. The predicted octanol–water partition coefficient (Wildman–Crippen LogP) is 2.50. The third-order valence-electron chi connectivity index (χ3n) is 3.62. The number of hydrogen-bond acceptors (Lipinski definition) is 5. The Labute approximate surface area is 121 Å². The van der Waals surface area contributed by atoms with Crippen molar-refractivity contribution in [1.82, 2.24) is 14.9 Å². The van der Waals surface area contributed by atoms with E-state index >= 15 is 0 Å². The summed E-state index contributed by atoms with van der Waals surface area (Å²) in [5.74, 6) is 1.94. The van der Waals surface area contributed by atoms with Crippen molar-refractivity contribution in [3.8, 4) is 5.88 Å². The zero-order chi connectivity index (χ0) is 14.5. The van der Waals surface area contributed by atoms with Crippen LogP contribution in [0.3, 0.4) is 0 Å². The molecule has 0 aromatic carbocycles. The monoisotopic (exact) mass is 278 g/mol. The Hall–Kier alpha value is -1.36. The molecule has 1 aliphatic rings. The topological polar surface area (TPSA) is 50.3 Å². The standard InChI is InChI=1S/C15H26N4O/c1-5-16-14-13(11(2)3)15(18-10-17-14)20-9-8-19(4)12-6-7-12/h10-12H,5-9H2,1-4H3,(H,16,17,18). The summed E-state index contributed by atoms with van der Waals surface area (Å²) in [6.45, 7) is 8.82. The lowest BCUT2D eigenvalue weighted by Crippen LogP contribution is -2.26.